The molecule has 2 saturated heterocycles. The van der Waals surface area contributed by atoms with Crippen molar-refractivity contribution in [3.05, 3.63) is 0 Å². The van der Waals surface area contributed by atoms with Crippen LogP contribution >= 0.6 is 0 Å². The van der Waals surface area contributed by atoms with Crippen molar-refractivity contribution in [2.75, 3.05) is 39.5 Å². The minimum absolute atomic E-state index is 0.0762. The van der Waals surface area contributed by atoms with E-state index in [0.29, 0.717) is 39.0 Å². The van der Waals surface area contributed by atoms with Gasteiger partial charge in [0.25, 0.3) is 0 Å². The first kappa shape index (κ1) is 21.5. The number of esters is 2. The summed E-state index contributed by atoms with van der Waals surface area (Å²) in [7, 11) is 0. The van der Waals surface area contributed by atoms with E-state index in [1.807, 2.05) is 0 Å². The lowest BCUT2D eigenvalue weighted by Crippen LogP contribution is -2.51. The third-order valence-corrected chi connectivity index (χ3v) is 5.30. The molecule has 8 nitrogen and oxygen atoms in total. The first-order valence-electron chi connectivity index (χ1n) is 9.98. The summed E-state index contributed by atoms with van der Waals surface area (Å²) in [4.78, 5) is 38.0. The van der Waals surface area contributed by atoms with E-state index in [-0.39, 0.29) is 31.3 Å². The predicted octanol–water partition coefficient (Wildman–Crippen LogP) is 1.86. The summed E-state index contributed by atoms with van der Waals surface area (Å²) in [5, 5.41) is 2.57. The molecule has 1 atom stereocenters. The number of urea groups is 1. The zero-order valence-electron chi connectivity index (χ0n) is 16.5. The second-order valence-electron chi connectivity index (χ2n) is 7.14. The number of nitrogens with zero attached hydrogens (tertiary/aromatic N) is 1. The van der Waals surface area contributed by atoms with Gasteiger partial charge in [-0.2, -0.15) is 0 Å². The molecule has 2 heterocycles. The quantitative estimate of drug-likeness (QED) is 0.674. The second kappa shape index (κ2) is 10.5. The molecular weight excluding hydrogens is 352 g/mol. The van der Waals surface area contributed by atoms with Crippen molar-refractivity contribution in [2.45, 2.75) is 58.5 Å². The van der Waals surface area contributed by atoms with Crippen LogP contribution in [-0.4, -0.2) is 68.4 Å². The standard InChI is InChI=1S/C19H32N2O6/c1-3-25-16(22)14-20-18(24)21-10-8-19(9-11-21,17(23)26-4-2)13-15-7-5-6-12-27-15/h15H,3-14H2,1-2H3,(H,20,24)/t15-/m0/s1. The van der Waals surface area contributed by atoms with Gasteiger partial charge in [-0.05, 0) is 52.4 Å². The van der Waals surface area contributed by atoms with Crippen LogP contribution in [0, 0.1) is 5.41 Å². The van der Waals surface area contributed by atoms with Crippen molar-refractivity contribution in [1.82, 2.24) is 10.2 Å². The highest BCUT2D eigenvalue weighted by atomic mass is 16.5. The molecule has 0 bridgehead atoms. The molecule has 1 N–H and O–H groups in total. The summed E-state index contributed by atoms with van der Waals surface area (Å²) in [6.45, 7) is 5.63. The normalized spacial score (nSPS) is 22.0. The molecule has 0 aromatic carbocycles. The smallest absolute Gasteiger partial charge is 0.325 e. The molecule has 2 fully saturated rings. The van der Waals surface area contributed by atoms with Gasteiger partial charge < -0.3 is 24.4 Å². The first-order valence-corrected chi connectivity index (χ1v) is 9.98. The molecule has 154 valence electrons. The molecule has 2 aliphatic rings. The van der Waals surface area contributed by atoms with E-state index >= 15 is 0 Å². The van der Waals surface area contributed by atoms with Crippen LogP contribution < -0.4 is 5.32 Å². The Morgan fingerprint density at radius 3 is 2.41 bits per heavy atom. The van der Waals surface area contributed by atoms with Crippen LogP contribution in [0.3, 0.4) is 0 Å². The van der Waals surface area contributed by atoms with Gasteiger partial charge in [-0.3, -0.25) is 9.59 Å². The van der Waals surface area contributed by atoms with Crippen molar-refractivity contribution in [1.29, 1.82) is 0 Å². The molecular formula is C19H32N2O6. The van der Waals surface area contributed by atoms with E-state index in [4.69, 9.17) is 14.2 Å². The number of carbonyl (C=O) groups excluding carboxylic acids is 3. The summed E-state index contributed by atoms with van der Waals surface area (Å²) in [5.41, 5.74) is -0.601. The molecule has 0 aromatic heterocycles. The zero-order valence-corrected chi connectivity index (χ0v) is 16.5. The third-order valence-electron chi connectivity index (χ3n) is 5.30. The van der Waals surface area contributed by atoms with Gasteiger partial charge in [-0.15, -0.1) is 0 Å². The van der Waals surface area contributed by atoms with Crippen LogP contribution in [-0.2, 0) is 23.8 Å². The van der Waals surface area contributed by atoms with Crippen molar-refractivity contribution >= 4 is 18.0 Å². The van der Waals surface area contributed by atoms with Gasteiger partial charge in [0.05, 0.1) is 24.7 Å². The first-order chi connectivity index (χ1) is 13.0. The number of nitrogens with one attached hydrogen (secondary N) is 1. The number of ether oxygens (including phenoxy) is 3. The lowest BCUT2D eigenvalue weighted by Gasteiger charge is -2.42. The van der Waals surface area contributed by atoms with Gasteiger partial charge in [0.15, 0.2) is 0 Å². The van der Waals surface area contributed by atoms with Crippen molar-refractivity contribution < 1.29 is 28.6 Å². The minimum Gasteiger partial charge on any atom is -0.466 e. The lowest BCUT2D eigenvalue weighted by molar-refractivity contribution is -0.162. The Morgan fingerprint density at radius 2 is 1.81 bits per heavy atom. The number of carbonyl (C=O) groups is 3. The maximum absolute atomic E-state index is 12.7. The third kappa shape index (κ3) is 6.09. The van der Waals surface area contributed by atoms with Crippen molar-refractivity contribution in [3.63, 3.8) is 0 Å². The highest BCUT2D eigenvalue weighted by Crippen LogP contribution is 2.39. The highest BCUT2D eigenvalue weighted by Gasteiger charge is 2.45. The Morgan fingerprint density at radius 1 is 1.11 bits per heavy atom. The van der Waals surface area contributed by atoms with Gasteiger partial charge in [0.1, 0.15) is 6.54 Å². The van der Waals surface area contributed by atoms with Gasteiger partial charge in [0, 0.05) is 19.7 Å². The van der Waals surface area contributed by atoms with Gasteiger partial charge in [-0.1, -0.05) is 0 Å². The lowest BCUT2D eigenvalue weighted by atomic mass is 9.73. The van der Waals surface area contributed by atoms with Gasteiger partial charge in [-0.25, -0.2) is 4.79 Å². The summed E-state index contributed by atoms with van der Waals surface area (Å²) < 4.78 is 16.0. The Kier molecular flexibility index (Phi) is 8.34. The zero-order chi connectivity index (χ0) is 19.7. The number of hydrogen-bond acceptors (Lipinski definition) is 6. The Hall–Kier alpha value is -1.83. The molecule has 2 aliphatic heterocycles. The molecule has 27 heavy (non-hydrogen) atoms. The summed E-state index contributed by atoms with van der Waals surface area (Å²) in [6.07, 6.45) is 4.95. The summed E-state index contributed by atoms with van der Waals surface area (Å²) >= 11 is 0. The van der Waals surface area contributed by atoms with E-state index < -0.39 is 11.4 Å². The Balaban J connectivity index is 1.92. The molecule has 0 radical (unpaired) electrons. The SMILES string of the molecule is CCOC(=O)CNC(=O)N1CCC(C[C@@H]2CCCCO2)(C(=O)OCC)CC1. The largest absolute Gasteiger partial charge is 0.466 e. The van der Waals surface area contributed by atoms with E-state index in [2.05, 4.69) is 5.32 Å². The van der Waals surface area contributed by atoms with Crippen LogP contribution in [0.25, 0.3) is 0 Å². The second-order valence-corrected chi connectivity index (χ2v) is 7.14. The maximum atomic E-state index is 12.7. The van der Waals surface area contributed by atoms with Crippen LogP contribution in [0.1, 0.15) is 52.4 Å². The molecule has 2 rings (SSSR count). The summed E-state index contributed by atoms with van der Waals surface area (Å²) in [6, 6.07) is -0.311. The maximum Gasteiger partial charge on any atom is 0.325 e. The van der Waals surface area contributed by atoms with Crippen molar-refractivity contribution in [3.8, 4) is 0 Å². The van der Waals surface area contributed by atoms with Crippen LogP contribution in [0.2, 0.25) is 0 Å². The molecule has 0 spiro atoms. The van der Waals surface area contributed by atoms with E-state index in [1.54, 1.807) is 18.7 Å². The molecule has 2 amide bonds. The number of piperidine rings is 1. The number of amides is 2. The average molecular weight is 384 g/mol. The fraction of sp³-hybridized carbons (Fsp3) is 0.842. The highest BCUT2D eigenvalue weighted by molar-refractivity contribution is 5.81. The van der Waals surface area contributed by atoms with Gasteiger partial charge >= 0.3 is 18.0 Å². The van der Waals surface area contributed by atoms with Gasteiger partial charge in [0.2, 0.25) is 0 Å². The number of rotatable bonds is 7. The summed E-state index contributed by atoms with van der Waals surface area (Å²) in [5.74, 6) is -0.649. The Bertz CT molecular complexity index is 510. The van der Waals surface area contributed by atoms with Crippen molar-refractivity contribution in [2.24, 2.45) is 5.41 Å². The van der Waals surface area contributed by atoms with E-state index in [1.165, 1.54) is 0 Å². The topological polar surface area (TPSA) is 94.2 Å². The monoisotopic (exact) mass is 384 g/mol. The van der Waals surface area contributed by atoms with Crippen LogP contribution in [0.4, 0.5) is 4.79 Å². The fourth-order valence-electron chi connectivity index (χ4n) is 3.79. The van der Waals surface area contributed by atoms with Crippen LogP contribution in [0.5, 0.6) is 0 Å². The average Bonchev–Trinajstić information content (AvgIpc) is 2.68. The molecule has 0 aliphatic carbocycles. The predicted molar refractivity (Wildman–Crippen MR) is 98.1 cm³/mol. The van der Waals surface area contributed by atoms with Crippen LogP contribution in [0.15, 0.2) is 0 Å². The molecule has 0 aromatic rings. The number of hydrogen-bond donors (Lipinski definition) is 1. The molecule has 8 heteroatoms. The fourth-order valence-corrected chi connectivity index (χ4v) is 3.79. The van der Waals surface area contributed by atoms with E-state index in [9.17, 15) is 14.4 Å². The molecule has 0 unspecified atom stereocenters. The number of likely N-dealkylation sites (tertiary alicyclic amines) is 1. The minimum atomic E-state index is -0.601. The van der Waals surface area contributed by atoms with E-state index in [0.717, 1.165) is 25.9 Å². The Labute approximate surface area is 160 Å². The molecule has 0 saturated carbocycles.